The van der Waals surface area contributed by atoms with E-state index in [9.17, 15) is 88.5 Å². The molecule has 14 amide bonds. The van der Waals surface area contributed by atoms with Crippen molar-refractivity contribution in [3.63, 3.8) is 0 Å². The number of rotatable bonds is 23. The predicted molar refractivity (Wildman–Crippen MR) is 347 cm³/mol. The number of benzene rings is 1. The van der Waals surface area contributed by atoms with E-state index in [0.717, 1.165) is 71.3 Å². The molecule has 0 aromatic heterocycles. The Bertz CT molecular complexity index is 3360. The Hall–Kier alpha value is -9.60. The van der Waals surface area contributed by atoms with Gasteiger partial charge in [-0.2, -0.15) is 4.99 Å². The first-order valence-electron chi connectivity index (χ1n) is 32.2. The summed E-state index contributed by atoms with van der Waals surface area (Å²) < 4.78 is 17.0. The van der Waals surface area contributed by atoms with Crippen LogP contribution in [0.5, 0.6) is 5.75 Å². The normalized spacial score (nSPS) is 28.1. The van der Waals surface area contributed by atoms with Crippen LogP contribution in [-0.2, 0) is 78.2 Å². The number of allylic oxidation sites excluding steroid dienone is 5. The van der Waals surface area contributed by atoms with Crippen molar-refractivity contribution in [2.75, 3.05) is 20.3 Å². The number of nitrogens with zero attached hydrogens (tertiary/aromatic N) is 1. The number of phenolic OH excluding ortho intramolecular Hbond substituents is 1. The lowest BCUT2D eigenvalue weighted by molar-refractivity contribution is -0.283. The molecule has 4 aliphatic heterocycles. The molecular formula is C63H90N14O23. The average molecular weight is 1410 g/mol. The van der Waals surface area contributed by atoms with E-state index >= 15 is 9.59 Å². The van der Waals surface area contributed by atoms with Crippen molar-refractivity contribution in [1.29, 1.82) is 0 Å². The van der Waals surface area contributed by atoms with Crippen molar-refractivity contribution in [3.8, 4) is 5.75 Å². The van der Waals surface area contributed by atoms with Crippen LogP contribution >= 0.6 is 0 Å². The molecule has 550 valence electrons. The van der Waals surface area contributed by atoms with Gasteiger partial charge < -0.3 is 120 Å². The van der Waals surface area contributed by atoms with Gasteiger partial charge >= 0.3 is 6.03 Å². The summed E-state index contributed by atoms with van der Waals surface area (Å²) in [7, 11) is 1.02. The van der Waals surface area contributed by atoms with E-state index in [2.05, 4.69) is 70.4 Å². The number of aromatic hydroxyl groups is 1. The number of nitrogens with two attached hydrogens (primary N) is 2. The lowest BCUT2D eigenvalue weighted by atomic mass is 9.90. The summed E-state index contributed by atoms with van der Waals surface area (Å²) in [5, 5.41) is 102. The summed E-state index contributed by atoms with van der Waals surface area (Å²) in [6.45, 7) is 5.03. The van der Waals surface area contributed by atoms with Crippen LogP contribution in [0, 0.1) is 0 Å². The monoisotopic (exact) mass is 1410 g/mol. The molecule has 4 bridgehead atoms. The zero-order chi connectivity index (χ0) is 74.3. The molecule has 1 aromatic rings. The fraction of sp³-hybridized carbons (Fsp3) is 0.556. The molecule has 0 saturated carbocycles. The molecule has 0 radical (unpaired) electrons. The van der Waals surface area contributed by atoms with E-state index in [1.54, 1.807) is 6.08 Å². The topological polar surface area (TPSA) is 588 Å². The second kappa shape index (κ2) is 38.1. The first kappa shape index (κ1) is 81.1. The summed E-state index contributed by atoms with van der Waals surface area (Å²) in [5.74, 6) is -16.2. The van der Waals surface area contributed by atoms with Crippen molar-refractivity contribution in [2.24, 2.45) is 16.5 Å². The largest absolute Gasteiger partial charge is 0.507 e. The number of aliphatic hydroxyl groups excluding tert-OH is 6. The smallest absolute Gasteiger partial charge is 0.343 e. The number of urea groups is 1. The summed E-state index contributed by atoms with van der Waals surface area (Å²) >= 11 is 0. The zero-order valence-corrected chi connectivity index (χ0v) is 55.8. The maximum atomic E-state index is 15.2. The van der Waals surface area contributed by atoms with E-state index in [1.807, 2.05) is 6.08 Å². The van der Waals surface area contributed by atoms with Gasteiger partial charge in [-0.3, -0.25) is 57.5 Å². The summed E-state index contributed by atoms with van der Waals surface area (Å²) in [5.41, 5.74) is 6.10. The average Bonchev–Trinajstić information content (AvgIpc) is 1.58. The quantitative estimate of drug-likeness (QED) is 0.0275. The predicted octanol–water partition coefficient (Wildman–Crippen LogP) is -6.68. The molecular weight excluding hydrogens is 1320 g/mol. The van der Waals surface area contributed by atoms with Gasteiger partial charge in [-0.25, -0.2) is 4.79 Å². The molecule has 37 heteroatoms. The van der Waals surface area contributed by atoms with E-state index in [-0.39, 0.29) is 11.1 Å². The zero-order valence-electron chi connectivity index (χ0n) is 55.8. The number of primary amides is 2. The maximum Gasteiger partial charge on any atom is 0.343 e. The summed E-state index contributed by atoms with van der Waals surface area (Å²) in [6.07, 6.45) is -5.24. The standard InChI is InChI=1S/C63H90N14O23/c1-7-10-11-12-13-14-15-16-17-18-41(100-61-50(87)48(85)40(81)28-99-61)49(86)60(96)70-34(9-3)52(88)73-45-29(4)67-56(92)37-26-63(98-6)51(76-62(97)77-63)32-23-31(19-21-38(32)79)24-36(71-59(95)46(30(5)78)74-58(45)94)55(91)69-33(8-2)53(89)75-47(39(80)25-43(65)83)57(93)66-27-44(84)68-35(54(90)72-37)20-22-42(64)82/h8-9,15-19,21,23,29-30,35-37,39-41,45-50,61,78-81,85-87H,7,10-14,20,22,24-28H2,1-6H3,(H2,64,82)(H2,65,83)(H,66,93)(H,67,92)(H,68,84)(H,69,91)(H,70,96)(H,71,95)(H,72,90)(H,73,88)(H,74,94)(H,75,89)(H,77,97). The van der Waals surface area contributed by atoms with Crippen molar-refractivity contribution in [2.45, 2.75) is 202 Å². The molecule has 1 saturated heterocycles. The molecule has 1 aromatic carbocycles. The lowest BCUT2D eigenvalue weighted by Crippen LogP contribution is -2.65. The Morgan fingerprint density at radius 3 is 2.17 bits per heavy atom. The molecule has 16 unspecified atom stereocenters. The van der Waals surface area contributed by atoms with Crippen LogP contribution in [0.25, 0.3) is 0 Å². The number of amides is 14. The number of unbranched alkanes of at least 4 members (excludes halogenated alkanes) is 5. The maximum absolute atomic E-state index is 15.2. The highest BCUT2D eigenvalue weighted by molar-refractivity contribution is 6.17. The number of nitrogens with one attached hydrogen (secondary N) is 11. The molecule has 1 fully saturated rings. The molecule has 0 spiro atoms. The van der Waals surface area contributed by atoms with E-state index < -0.39 is 242 Å². The van der Waals surface area contributed by atoms with Crippen molar-refractivity contribution in [3.05, 3.63) is 77.2 Å². The Balaban J connectivity index is 1.68. The van der Waals surface area contributed by atoms with Gasteiger partial charge in [0.15, 0.2) is 18.1 Å². The van der Waals surface area contributed by atoms with Gasteiger partial charge in [0.1, 0.15) is 83.5 Å². The van der Waals surface area contributed by atoms with Gasteiger partial charge in [0.2, 0.25) is 53.2 Å². The van der Waals surface area contributed by atoms with Gasteiger partial charge in [-0.15, -0.1) is 0 Å². The lowest BCUT2D eigenvalue weighted by Gasteiger charge is -2.36. The number of ether oxygens (including phenoxy) is 3. The minimum Gasteiger partial charge on any atom is -0.507 e. The number of fused-ring (bicyclic) bond motifs is 2. The van der Waals surface area contributed by atoms with E-state index in [0.29, 0.717) is 6.42 Å². The van der Waals surface area contributed by atoms with Gasteiger partial charge in [-0.05, 0) is 64.7 Å². The number of phenols is 1. The van der Waals surface area contributed by atoms with Crippen LogP contribution in [0.3, 0.4) is 0 Å². The van der Waals surface area contributed by atoms with E-state index in [1.165, 1.54) is 38.1 Å². The number of aliphatic imine (C=N–C) groups is 1. The fourth-order valence-electron chi connectivity index (χ4n) is 10.7. The molecule has 100 heavy (non-hydrogen) atoms. The second-order valence-electron chi connectivity index (χ2n) is 24.0. The fourth-order valence-corrected chi connectivity index (χ4v) is 10.7. The van der Waals surface area contributed by atoms with Gasteiger partial charge in [-0.1, -0.05) is 75.1 Å². The molecule has 0 aliphatic carbocycles. The van der Waals surface area contributed by atoms with Crippen LogP contribution in [0.2, 0.25) is 0 Å². The SMILES string of the molecule is CC=C1NC(=O)C2Cc3ccc(O)c(c3)C3=NC(=O)NC3(OC)CC(NC(=O)C(CCC(N)=O)NC(=O)CNC(=O)C(C(O)CC(N)=O)NC1=O)C(=O)NC(C)C(NC(=O)C(=CC)NC(=O)C(O)C(C=CC=CCCCCCCC)OC1OCC(O)C(O)C1O)C(=O)NC(C(C)O)C(=O)N2. The number of carbonyl (C=O) groups is 13. The molecule has 16 atom stereocenters. The third-order valence-electron chi connectivity index (χ3n) is 16.3. The first-order chi connectivity index (χ1) is 47.3. The number of hydrogen-bond acceptors (Lipinski definition) is 23. The highest BCUT2D eigenvalue weighted by atomic mass is 16.7. The molecule has 37 nitrogen and oxygen atoms in total. The Labute approximate surface area is 573 Å². The third-order valence-corrected chi connectivity index (χ3v) is 16.3. The summed E-state index contributed by atoms with van der Waals surface area (Å²) in [6, 6.07) is -11.9. The minimum atomic E-state index is -2.40. The number of aliphatic hydroxyl groups is 6. The van der Waals surface area contributed by atoms with Gasteiger partial charge in [0.25, 0.3) is 17.7 Å². The van der Waals surface area contributed by atoms with Crippen molar-refractivity contribution in [1.82, 2.24) is 58.5 Å². The molecule has 4 heterocycles. The summed E-state index contributed by atoms with van der Waals surface area (Å²) in [4.78, 5) is 187. The van der Waals surface area contributed by atoms with Crippen molar-refractivity contribution < 1.29 is 112 Å². The van der Waals surface area contributed by atoms with E-state index in [4.69, 9.17) is 25.7 Å². The Morgan fingerprint density at radius 2 is 1.52 bits per heavy atom. The van der Waals surface area contributed by atoms with Crippen LogP contribution in [-0.4, -0.2) is 236 Å². The van der Waals surface area contributed by atoms with Crippen LogP contribution < -0.4 is 70.0 Å². The Kier molecular flexibility index (Phi) is 30.9. The Morgan fingerprint density at radius 1 is 0.820 bits per heavy atom. The van der Waals surface area contributed by atoms with Crippen LogP contribution in [0.4, 0.5) is 4.79 Å². The van der Waals surface area contributed by atoms with Gasteiger partial charge in [0.05, 0.1) is 37.8 Å². The number of hydrogen-bond donors (Lipinski definition) is 20. The van der Waals surface area contributed by atoms with Crippen LogP contribution in [0.1, 0.15) is 110 Å². The second-order valence-corrected chi connectivity index (χ2v) is 24.0. The third kappa shape index (κ3) is 22.7. The number of carbonyl (C=O) groups excluding carboxylic acids is 13. The van der Waals surface area contributed by atoms with Gasteiger partial charge in [0, 0.05) is 31.9 Å². The molecule has 22 N–H and O–H groups in total. The molecule has 5 rings (SSSR count). The number of methoxy groups -OCH3 is 1. The highest BCUT2D eigenvalue weighted by Crippen LogP contribution is 2.32. The highest BCUT2D eigenvalue weighted by Gasteiger charge is 2.49. The van der Waals surface area contributed by atoms with Crippen LogP contribution in [0.15, 0.2) is 71.0 Å². The first-order valence-corrected chi connectivity index (χ1v) is 32.2. The minimum absolute atomic E-state index is 0.00469. The molecule has 4 aliphatic rings. The van der Waals surface area contributed by atoms with Crippen molar-refractivity contribution >= 4 is 82.6 Å².